The summed E-state index contributed by atoms with van der Waals surface area (Å²) >= 11 is 6.81. The molecule has 1 aliphatic carbocycles. The van der Waals surface area contributed by atoms with Crippen LogP contribution in [0.2, 0.25) is 0 Å². The molecule has 2 amide bonds. The Morgan fingerprint density at radius 1 is 0.906 bits per heavy atom. The van der Waals surface area contributed by atoms with E-state index >= 15 is 0 Å². The van der Waals surface area contributed by atoms with Gasteiger partial charge >= 0.3 is 6.03 Å². The fraction of sp³-hybridized carbons (Fsp3) is 0.200. The predicted molar refractivity (Wildman–Crippen MR) is 133 cm³/mol. The Morgan fingerprint density at radius 3 is 1.84 bits per heavy atom. The summed E-state index contributed by atoms with van der Waals surface area (Å²) < 4.78 is 1.72. The number of aliphatic hydroxyl groups is 1. The summed E-state index contributed by atoms with van der Waals surface area (Å²) in [5.41, 5.74) is 1.23. The highest BCUT2D eigenvalue weighted by atomic mass is 79.9. The van der Waals surface area contributed by atoms with Gasteiger partial charge in [-0.3, -0.25) is 14.6 Å². The molecule has 0 heterocycles. The van der Waals surface area contributed by atoms with Crippen molar-refractivity contribution in [3.63, 3.8) is 0 Å². The van der Waals surface area contributed by atoms with E-state index in [1.54, 1.807) is 43.4 Å². The molecule has 1 N–H and O–H groups in total. The van der Waals surface area contributed by atoms with Crippen molar-refractivity contribution in [3.8, 4) is 0 Å². The van der Waals surface area contributed by atoms with Crippen LogP contribution in [0.15, 0.2) is 81.7 Å². The Hall–Kier alpha value is -2.48. The molecule has 1 unspecified atom stereocenters. The van der Waals surface area contributed by atoms with E-state index in [0.29, 0.717) is 30.5 Å². The molecule has 5 nitrogen and oxygen atoms in total. The van der Waals surface area contributed by atoms with Gasteiger partial charge in [-0.15, -0.1) is 0 Å². The summed E-state index contributed by atoms with van der Waals surface area (Å²) in [6, 6.07) is 21.7. The lowest BCUT2D eigenvalue weighted by atomic mass is 9.91. The van der Waals surface area contributed by atoms with Gasteiger partial charge in [-0.1, -0.05) is 56.1 Å². The van der Waals surface area contributed by atoms with E-state index in [2.05, 4.69) is 31.9 Å². The van der Waals surface area contributed by atoms with Crippen LogP contribution in [0.5, 0.6) is 0 Å². The third kappa shape index (κ3) is 4.25. The van der Waals surface area contributed by atoms with Gasteiger partial charge in [-0.05, 0) is 72.5 Å². The van der Waals surface area contributed by atoms with E-state index in [0.717, 1.165) is 20.1 Å². The lowest BCUT2D eigenvalue weighted by Gasteiger charge is -2.41. The summed E-state index contributed by atoms with van der Waals surface area (Å²) in [7, 11) is 1.63. The first-order valence-electron chi connectivity index (χ1n) is 10.2. The van der Waals surface area contributed by atoms with E-state index in [4.69, 9.17) is 0 Å². The van der Waals surface area contributed by atoms with Gasteiger partial charge in [0.1, 0.15) is 0 Å². The van der Waals surface area contributed by atoms with Gasteiger partial charge in [0.05, 0.1) is 0 Å². The van der Waals surface area contributed by atoms with Gasteiger partial charge in [-0.2, -0.15) is 0 Å². The van der Waals surface area contributed by atoms with Crippen LogP contribution in [0, 0.1) is 5.92 Å². The number of benzene rings is 3. The maximum atomic E-state index is 13.8. The molecule has 3 aromatic carbocycles. The highest BCUT2D eigenvalue weighted by Crippen LogP contribution is 2.38. The van der Waals surface area contributed by atoms with Crippen molar-refractivity contribution in [2.75, 3.05) is 16.8 Å². The third-order valence-corrected chi connectivity index (χ3v) is 7.02. The number of hydrogen-bond donors (Lipinski definition) is 1. The number of urea groups is 1. The van der Waals surface area contributed by atoms with Crippen molar-refractivity contribution in [3.05, 3.63) is 92.9 Å². The molecule has 1 atom stereocenters. The van der Waals surface area contributed by atoms with Crippen molar-refractivity contribution in [2.45, 2.75) is 18.6 Å². The van der Waals surface area contributed by atoms with E-state index < -0.39 is 17.7 Å². The van der Waals surface area contributed by atoms with Gasteiger partial charge in [0.25, 0.3) is 0 Å². The molecular formula is C25H22Br2N2O3. The SMILES string of the molecule is CN(C(=O)N(c1ccc(Br)cc1)C(O)(C=O)C1Cc2ccccc2C1)c1ccc(Br)cc1. The second kappa shape index (κ2) is 9.17. The zero-order chi connectivity index (χ0) is 22.9. The number of hydrogen-bond acceptors (Lipinski definition) is 3. The number of carbonyl (C=O) groups is 2. The van der Waals surface area contributed by atoms with Gasteiger partial charge in [0, 0.05) is 33.3 Å². The molecule has 164 valence electrons. The average Bonchev–Trinajstić information content (AvgIpc) is 3.25. The summed E-state index contributed by atoms with van der Waals surface area (Å²) in [5.74, 6) is -0.469. The van der Waals surface area contributed by atoms with E-state index in [1.807, 2.05) is 36.4 Å². The minimum Gasteiger partial charge on any atom is -0.364 e. The zero-order valence-electron chi connectivity index (χ0n) is 17.4. The van der Waals surface area contributed by atoms with E-state index in [-0.39, 0.29) is 0 Å². The Labute approximate surface area is 203 Å². The van der Waals surface area contributed by atoms with Crippen molar-refractivity contribution >= 4 is 55.6 Å². The quantitative estimate of drug-likeness (QED) is 0.329. The van der Waals surface area contributed by atoms with Crippen LogP contribution in [-0.2, 0) is 17.6 Å². The van der Waals surface area contributed by atoms with Crippen LogP contribution in [-0.4, -0.2) is 30.2 Å². The van der Waals surface area contributed by atoms with Gasteiger partial charge in [0.15, 0.2) is 6.29 Å². The summed E-state index contributed by atoms with van der Waals surface area (Å²) in [5, 5.41) is 11.8. The van der Waals surface area contributed by atoms with Crippen LogP contribution in [0.25, 0.3) is 0 Å². The Kier molecular flexibility index (Phi) is 6.51. The lowest BCUT2D eigenvalue weighted by molar-refractivity contribution is -0.128. The maximum absolute atomic E-state index is 13.8. The Bertz CT molecular complexity index is 1110. The predicted octanol–water partition coefficient (Wildman–Crippen LogP) is 5.58. The molecule has 0 aromatic heterocycles. The second-order valence-electron chi connectivity index (χ2n) is 7.90. The standard InChI is InChI=1S/C25H22Br2N2O3/c1-28(22-10-6-20(26)7-11-22)24(31)29(23-12-8-21(27)9-13-23)25(32,16-30)19-14-17-4-2-3-5-18(17)15-19/h2-13,16,19,32H,14-15H2,1H3. The highest BCUT2D eigenvalue weighted by molar-refractivity contribution is 9.10. The lowest BCUT2D eigenvalue weighted by Crippen LogP contribution is -2.61. The van der Waals surface area contributed by atoms with Crippen molar-refractivity contribution in [2.24, 2.45) is 5.92 Å². The fourth-order valence-corrected chi connectivity index (χ4v) is 4.71. The topological polar surface area (TPSA) is 60.9 Å². The summed E-state index contributed by atoms with van der Waals surface area (Å²) in [4.78, 5) is 28.9. The van der Waals surface area contributed by atoms with Gasteiger partial charge < -0.3 is 5.11 Å². The first kappa shape index (κ1) is 22.7. The molecule has 0 fully saturated rings. The maximum Gasteiger partial charge on any atom is 0.331 e. The van der Waals surface area contributed by atoms with Crippen LogP contribution in [0.3, 0.4) is 0 Å². The van der Waals surface area contributed by atoms with Crippen LogP contribution in [0.1, 0.15) is 11.1 Å². The van der Waals surface area contributed by atoms with Crippen molar-refractivity contribution in [1.29, 1.82) is 0 Å². The van der Waals surface area contributed by atoms with Crippen LogP contribution in [0.4, 0.5) is 16.2 Å². The number of halogens is 2. The number of fused-ring (bicyclic) bond motifs is 1. The minimum absolute atomic E-state index is 0.438. The molecule has 4 rings (SSSR count). The molecule has 0 saturated carbocycles. The van der Waals surface area contributed by atoms with Gasteiger partial charge in [-0.25, -0.2) is 4.79 Å². The molecule has 0 saturated heterocycles. The number of nitrogens with zero attached hydrogens (tertiary/aromatic N) is 2. The van der Waals surface area contributed by atoms with Gasteiger partial charge in [0.2, 0.25) is 5.72 Å². The molecule has 1 aliphatic rings. The third-order valence-electron chi connectivity index (χ3n) is 5.96. The Balaban J connectivity index is 1.76. The number of aldehydes is 1. The van der Waals surface area contributed by atoms with Crippen LogP contribution >= 0.6 is 31.9 Å². The van der Waals surface area contributed by atoms with E-state index in [9.17, 15) is 14.7 Å². The number of rotatable bonds is 5. The Morgan fingerprint density at radius 2 is 1.38 bits per heavy atom. The fourth-order valence-electron chi connectivity index (χ4n) is 4.18. The first-order chi connectivity index (χ1) is 15.3. The minimum atomic E-state index is -2.02. The van der Waals surface area contributed by atoms with Crippen molar-refractivity contribution in [1.82, 2.24) is 0 Å². The second-order valence-corrected chi connectivity index (χ2v) is 9.74. The summed E-state index contributed by atoms with van der Waals surface area (Å²) in [6.07, 6.45) is 1.51. The molecule has 3 aromatic rings. The average molecular weight is 558 g/mol. The molecule has 0 spiro atoms. The first-order valence-corrected chi connectivity index (χ1v) is 11.8. The monoisotopic (exact) mass is 556 g/mol. The number of carbonyl (C=O) groups excluding carboxylic acids is 2. The number of anilines is 2. The summed E-state index contributed by atoms with van der Waals surface area (Å²) in [6.45, 7) is 0. The normalized spacial score (nSPS) is 15.0. The smallest absolute Gasteiger partial charge is 0.331 e. The molecular weight excluding hydrogens is 536 g/mol. The number of amides is 2. The molecule has 7 heteroatoms. The van der Waals surface area contributed by atoms with Crippen LogP contribution < -0.4 is 9.80 Å². The molecule has 0 aliphatic heterocycles. The molecule has 32 heavy (non-hydrogen) atoms. The molecule has 0 bridgehead atoms. The van der Waals surface area contributed by atoms with E-state index in [1.165, 1.54) is 9.80 Å². The highest BCUT2D eigenvalue weighted by Gasteiger charge is 2.48. The molecule has 0 radical (unpaired) electrons. The largest absolute Gasteiger partial charge is 0.364 e. The zero-order valence-corrected chi connectivity index (χ0v) is 20.6. The van der Waals surface area contributed by atoms with Crippen molar-refractivity contribution < 1.29 is 14.7 Å².